The molecule has 0 saturated heterocycles. The fraction of sp³-hybridized carbons (Fsp3) is 0.273. The summed E-state index contributed by atoms with van der Waals surface area (Å²) in [5, 5.41) is 28.3. The third-order valence-corrected chi connectivity index (χ3v) is 5.52. The van der Waals surface area contributed by atoms with E-state index in [4.69, 9.17) is 10.1 Å². The van der Waals surface area contributed by atoms with Crippen LogP contribution in [0.3, 0.4) is 0 Å². The summed E-state index contributed by atoms with van der Waals surface area (Å²) in [5.41, 5.74) is 1.35. The van der Waals surface area contributed by atoms with Gasteiger partial charge in [0.1, 0.15) is 16.6 Å². The zero-order valence-corrected chi connectivity index (χ0v) is 18.5. The second kappa shape index (κ2) is 10.6. The van der Waals surface area contributed by atoms with Crippen molar-refractivity contribution < 1.29 is 14.7 Å². The van der Waals surface area contributed by atoms with Crippen LogP contribution in [0.5, 0.6) is 5.75 Å². The number of rotatable bonds is 9. The molecule has 0 aliphatic carbocycles. The van der Waals surface area contributed by atoms with Gasteiger partial charge in [0.15, 0.2) is 12.2 Å². The quantitative estimate of drug-likeness (QED) is 0.259. The van der Waals surface area contributed by atoms with Crippen molar-refractivity contribution in [1.29, 1.82) is 5.26 Å². The number of aromatic hydroxyl groups is 1. The molecule has 0 atom stereocenters. The molecule has 0 radical (unpaired) electrons. The predicted molar refractivity (Wildman–Crippen MR) is 124 cm³/mol. The van der Waals surface area contributed by atoms with E-state index in [0.717, 1.165) is 24.1 Å². The van der Waals surface area contributed by atoms with Gasteiger partial charge in [-0.25, -0.2) is 0 Å². The molecule has 1 amide bonds. The van der Waals surface area contributed by atoms with Gasteiger partial charge in [0.2, 0.25) is 0 Å². The summed E-state index contributed by atoms with van der Waals surface area (Å²) in [6.07, 6.45) is 2.36. The molecule has 0 unspecified atom stereocenters. The van der Waals surface area contributed by atoms with Gasteiger partial charge in [-0.2, -0.15) is 5.26 Å². The van der Waals surface area contributed by atoms with Crippen LogP contribution in [0.15, 0.2) is 39.6 Å². The molecular weight excluding hydrogens is 430 g/mol. The highest BCUT2D eigenvalue weighted by atomic mass is 32.1. The Bertz CT molecular complexity index is 1220. The second-order valence-corrected chi connectivity index (χ2v) is 8.16. The predicted octanol–water partition coefficient (Wildman–Crippen LogP) is 2.25. The number of benzene rings is 1. The summed E-state index contributed by atoms with van der Waals surface area (Å²) in [6, 6.07) is 9.01. The monoisotopic (exact) mass is 453 g/mol. The van der Waals surface area contributed by atoms with Crippen LogP contribution in [0.25, 0.3) is 21.3 Å². The van der Waals surface area contributed by atoms with Crippen LogP contribution < -0.4 is 10.9 Å². The molecule has 2 heterocycles. The van der Waals surface area contributed by atoms with Crippen molar-refractivity contribution in [1.82, 2.24) is 15.2 Å². The van der Waals surface area contributed by atoms with Crippen LogP contribution in [0, 0.1) is 11.3 Å². The first-order valence-electron chi connectivity index (χ1n) is 9.84. The highest BCUT2D eigenvalue weighted by Gasteiger charge is 2.17. The van der Waals surface area contributed by atoms with Crippen molar-refractivity contribution >= 4 is 33.7 Å². The maximum atomic E-state index is 11.8. The van der Waals surface area contributed by atoms with E-state index in [1.54, 1.807) is 18.2 Å². The average Bonchev–Trinajstić information content (AvgIpc) is 3.19. The van der Waals surface area contributed by atoms with Gasteiger partial charge in [-0.3, -0.25) is 9.59 Å². The molecule has 3 aromatic rings. The van der Waals surface area contributed by atoms with Crippen LogP contribution in [-0.2, 0) is 9.63 Å². The average molecular weight is 454 g/mol. The zero-order valence-electron chi connectivity index (χ0n) is 17.7. The molecule has 166 valence electrons. The van der Waals surface area contributed by atoms with E-state index in [-0.39, 0.29) is 23.8 Å². The maximum absolute atomic E-state index is 11.8. The summed E-state index contributed by atoms with van der Waals surface area (Å²) >= 11 is 1.28. The third kappa shape index (κ3) is 5.51. The van der Waals surface area contributed by atoms with Crippen LogP contribution in [0.1, 0.15) is 17.5 Å². The van der Waals surface area contributed by atoms with E-state index in [1.165, 1.54) is 17.6 Å². The highest BCUT2D eigenvalue weighted by molar-refractivity contribution is 7.17. The molecule has 1 aromatic carbocycles. The molecule has 0 spiro atoms. The lowest BCUT2D eigenvalue weighted by Gasteiger charge is -2.09. The Balaban J connectivity index is 1.61. The first-order valence-corrected chi connectivity index (χ1v) is 10.7. The van der Waals surface area contributed by atoms with Crippen molar-refractivity contribution in [3.63, 3.8) is 0 Å². The van der Waals surface area contributed by atoms with Gasteiger partial charge < -0.3 is 25.1 Å². The van der Waals surface area contributed by atoms with Crippen LogP contribution in [0.2, 0.25) is 0 Å². The van der Waals surface area contributed by atoms with Gasteiger partial charge in [0.25, 0.3) is 11.5 Å². The summed E-state index contributed by atoms with van der Waals surface area (Å²) < 4.78 is 0. The minimum absolute atomic E-state index is 0.157. The number of hydrogen-bond acceptors (Lipinski definition) is 8. The van der Waals surface area contributed by atoms with Crippen LogP contribution in [-0.4, -0.2) is 60.9 Å². The third-order valence-electron chi connectivity index (χ3n) is 4.63. The van der Waals surface area contributed by atoms with E-state index < -0.39 is 5.56 Å². The summed E-state index contributed by atoms with van der Waals surface area (Å²) in [6.45, 7) is 1.33. The van der Waals surface area contributed by atoms with E-state index in [1.807, 2.05) is 36.5 Å². The summed E-state index contributed by atoms with van der Waals surface area (Å²) in [4.78, 5) is 33.8. The van der Waals surface area contributed by atoms with Gasteiger partial charge in [0.05, 0.1) is 11.6 Å². The number of aromatic nitrogens is 1. The lowest BCUT2D eigenvalue weighted by molar-refractivity contribution is -0.125. The number of H-pyrrole nitrogens is 1. The van der Waals surface area contributed by atoms with Crippen LogP contribution >= 0.6 is 11.3 Å². The first kappa shape index (κ1) is 23.0. The molecular formula is C22H23N5O4S. The molecule has 3 rings (SSSR count). The summed E-state index contributed by atoms with van der Waals surface area (Å²) in [5.74, 6) is -0.545. The number of nitriles is 1. The Morgan fingerprint density at radius 1 is 1.38 bits per heavy atom. The molecule has 3 N–H and O–H groups in total. The van der Waals surface area contributed by atoms with E-state index in [9.17, 15) is 14.7 Å². The number of nitrogens with one attached hydrogen (secondary N) is 2. The topological polar surface area (TPSA) is 131 Å². The molecule has 0 bridgehead atoms. The minimum atomic E-state index is -0.611. The first-order chi connectivity index (χ1) is 15.4. The Kier molecular flexibility index (Phi) is 7.59. The van der Waals surface area contributed by atoms with Crippen molar-refractivity contribution in [3.05, 3.63) is 51.1 Å². The molecule has 0 saturated carbocycles. The van der Waals surface area contributed by atoms with Gasteiger partial charge in [-0.1, -0.05) is 29.4 Å². The lowest BCUT2D eigenvalue weighted by atomic mass is 10.0. The smallest absolute Gasteiger partial charge is 0.270 e. The largest absolute Gasteiger partial charge is 0.506 e. The maximum Gasteiger partial charge on any atom is 0.270 e. The number of fused-ring (bicyclic) bond motifs is 1. The van der Waals surface area contributed by atoms with Crippen molar-refractivity contribution in [2.24, 2.45) is 5.16 Å². The molecule has 9 nitrogen and oxygen atoms in total. The normalized spacial score (nSPS) is 11.2. The Morgan fingerprint density at radius 2 is 2.12 bits per heavy atom. The van der Waals surface area contributed by atoms with Crippen molar-refractivity contribution in [3.8, 4) is 22.9 Å². The fourth-order valence-electron chi connectivity index (χ4n) is 3.02. The van der Waals surface area contributed by atoms with E-state index >= 15 is 0 Å². The number of aromatic amines is 1. The lowest BCUT2D eigenvalue weighted by Crippen LogP contribution is -2.29. The number of carbonyl (C=O) groups is 1. The molecule has 0 fully saturated rings. The summed E-state index contributed by atoms with van der Waals surface area (Å²) in [7, 11) is 3.95. The van der Waals surface area contributed by atoms with Gasteiger partial charge in [-0.05, 0) is 38.2 Å². The van der Waals surface area contributed by atoms with Crippen LogP contribution in [0.4, 0.5) is 0 Å². The number of oxime groups is 1. The molecule has 32 heavy (non-hydrogen) atoms. The van der Waals surface area contributed by atoms with E-state index in [2.05, 4.69) is 15.5 Å². The van der Waals surface area contributed by atoms with Gasteiger partial charge in [0, 0.05) is 17.5 Å². The van der Waals surface area contributed by atoms with Crippen molar-refractivity contribution in [2.75, 3.05) is 33.8 Å². The number of thiophene rings is 1. The molecule has 2 aromatic heterocycles. The number of carbonyl (C=O) groups excluding carboxylic acids is 1. The Morgan fingerprint density at radius 3 is 2.81 bits per heavy atom. The standard InChI is InChI=1S/C22H23N5O4S/c1-27(2)9-3-8-24-18(28)12-31-25-11-14-4-6-15(7-5-14)17-13-32-22-19(17)20(29)16(10-23)21(30)26-22/h4-7,11,13H,3,8-9,12H2,1-2H3,(H,24,28)(H2,26,29,30). The number of amides is 1. The number of hydrogen-bond donors (Lipinski definition) is 3. The van der Waals surface area contributed by atoms with E-state index in [0.29, 0.717) is 22.3 Å². The molecule has 10 heteroatoms. The number of pyridine rings is 1. The Labute approximate surface area is 188 Å². The fourth-order valence-corrected chi connectivity index (χ4v) is 3.98. The second-order valence-electron chi connectivity index (χ2n) is 7.28. The highest BCUT2D eigenvalue weighted by Crippen LogP contribution is 2.38. The zero-order chi connectivity index (χ0) is 23.1. The molecule has 0 aliphatic rings. The molecule has 0 aliphatic heterocycles. The van der Waals surface area contributed by atoms with Gasteiger partial charge >= 0.3 is 0 Å². The number of nitrogens with zero attached hydrogens (tertiary/aromatic N) is 3. The van der Waals surface area contributed by atoms with Gasteiger partial charge in [-0.15, -0.1) is 11.3 Å². The Hall–Kier alpha value is -3.68. The SMILES string of the molecule is CN(C)CCCNC(=O)CON=Cc1ccc(-c2csc3[nH]c(=O)c(C#N)c(O)c23)cc1. The minimum Gasteiger partial charge on any atom is -0.506 e. The van der Waals surface area contributed by atoms with Crippen molar-refractivity contribution in [2.45, 2.75) is 6.42 Å².